The zero-order valence-electron chi connectivity index (χ0n) is 13.7. The summed E-state index contributed by atoms with van der Waals surface area (Å²) in [6.45, 7) is 1.46. The maximum absolute atomic E-state index is 11.4. The average molecular weight is 381 g/mol. The fraction of sp³-hybridized carbons (Fsp3) is 0.0526. The summed E-state index contributed by atoms with van der Waals surface area (Å²) in [4.78, 5) is 25.9. The van der Waals surface area contributed by atoms with Crippen LogP contribution in [0.2, 0.25) is 5.02 Å². The molecule has 0 spiro atoms. The van der Waals surface area contributed by atoms with Crippen LogP contribution in [0.25, 0.3) is 32.9 Å². The van der Waals surface area contributed by atoms with E-state index in [1.165, 1.54) is 18.3 Å². The monoisotopic (exact) mass is 380 g/mol. The number of carbonyl (C=O) groups excluding carboxylic acids is 1. The van der Waals surface area contributed by atoms with Gasteiger partial charge in [-0.2, -0.15) is 0 Å². The highest BCUT2D eigenvalue weighted by molar-refractivity contribution is 7.19. The number of benzene rings is 1. The van der Waals surface area contributed by atoms with Gasteiger partial charge < -0.3 is 5.32 Å². The minimum atomic E-state index is -0.168. The van der Waals surface area contributed by atoms with Gasteiger partial charge in [0.25, 0.3) is 0 Å². The standard InChI is InChI=1S/C19H13ClN4OS/c1-11(25)22-19-24-17(12-4-2-5-13(20)10-12)18(26-19)16-8-7-14-15(23-16)6-3-9-21-14/h2-10H,1H3,(H,22,24,25). The van der Waals surface area contributed by atoms with Crippen molar-refractivity contribution in [3.8, 4) is 21.8 Å². The van der Waals surface area contributed by atoms with Gasteiger partial charge in [-0.05, 0) is 36.4 Å². The Morgan fingerprint density at radius 2 is 1.96 bits per heavy atom. The molecule has 0 aliphatic heterocycles. The zero-order valence-corrected chi connectivity index (χ0v) is 15.3. The third-order valence-corrected chi connectivity index (χ3v) is 4.93. The summed E-state index contributed by atoms with van der Waals surface area (Å²) >= 11 is 7.53. The van der Waals surface area contributed by atoms with E-state index in [-0.39, 0.29) is 5.91 Å². The van der Waals surface area contributed by atoms with Gasteiger partial charge in [-0.25, -0.2) is 9.97 Å². The van der Waals surface area contributed by atoms with E-state index in [1.54, 1.807) is 6.20 Å². The van der Waals surface area contributed by atoms with Crippen LogP contribution in [0.4, 0.5) is 5.13 Å². The summed E-state index contributed by atoms with van der Waals surface area (Å²) in [5.74, 6) is -0.168. The van der Waals surface area contributed by atoms with E-state index in [9.17, 15) is 4.79 Å². The lowest BCUT2D eigenvalue weighted by atomic mass is 10.1. The highest BCUT2D eigenvalue weighted by Crippen LogP contribution is 2.39. The number of anilines is 1. The Kier molecular flexibility index (Phi) is 4.36. The third kappa shape index (κ3) is 3.29. The molecule has 4 aromatic rings. The minimum absolute atomic E-state index is 0.168. The first-order chi connectivity index (χ1) is 12.6. The summed E-state index contributed by atoms with van der Waals surface area (Å²) in [6, 6.07) is 15.1. The van der Waals surface area contributed by atoms with E-state index < -0.39 is 0 Å². The van der Waals surface area contributed by atoms with Crippen LogP contribution in [0, 0.1) is 0 Å². The second kappa shape index (κ2) is 6.82. The van der Waals surface area contributed by atoms with Crippen molar-refractivity contribution < 1.29 is 4.79 Å². The molecule has 3 aromatic heterocycles. The van der Waals surface area contributed by atoms with E-state index in [0.29, 0.717) is 10.2 Å². The molecule has 1 N–H and O–H groups in total. The van der Waals surface area contributed by atoms with Gasteiger partial charge in [0.1, 0.15) is 0 Å². The number of rotatable bonds is 3. The Morgan fingerprint density at radius 3 is 2.77 bits per heavy atom. The van der Waals surface area contributed by atoms with Crippen molar-refractivity contribution in [3.63, 3.8) is 0 Å². The molecule has 0 saturated heterocycles. The molecule has 0 aliphatic rings. The van der Waals surface area contributed by atoms with Crippen LogP contribution in [0.5, 0.6) is 0 Å². The van der Waals surface area contributed by atoms with Crippen LogP contribution >= 0.6 is 22.9 Å². The number of hydrogen-bond donors (Lipinski definition) is 1. The van der Waals surface area contributed by atoms with Gasteiger partial charge >= 0.3 is 0 Å². The van der Waals surface area contributed by atoms with Crippen molar-refractivity contribution >= 4 is 45.0 Å². The van der Waals surface area contributed by atoms with E-state index in [2.05, 4.69) is 15.3 Å². The van der Waals surface area contributed by atoms with E-state index in [4.69, 9.17) is 16.6 Å². The van der Waals surface area contributed by atoms with E-state index in [0.717, 1.165) is 32.9 Å². The Balaban J connectivity index is 1.90. The minimum Gasteiger partial charge on any atom is -0.302 e. The summed E-state index contributed by atoms with van der Waals surface area (Å²) in [6.07, 6.45) is 1.74. The number of amides is 1. The fourth-order valence-electron chi connectivity index (χ4n) is 2.61. The molecule has 5 nitrogen and oxygen atoms in total. The molecule has 0 aliphatic carbocycles. The van der Waals surface area contributed by atoms with Gasteiger partial charge in [0.05, 0.1) is 27.3 Å². The quantitative estimate of drug-likeness (QED) is 0.541. The number of pyridine rings is 2. The Hall–Kier alpha value is -2.83. The largest absolute Gasteiger partial charge is 0.302 e. The number of nitrogens with one attached hydrogen (secondary N) is 1. The number of halogens is 1. The second-order valence-electron chi connectivity index (χ2n) is 5.63. The molecule has 1 aromatic carbocycles. The molecule has 128 valence electrons. The first-order valence-corrected chi connectivity index (χ1v) is 9.06. The molecular formula is C19H13ClN4OS. The Morgan fingerprint density at radius 1 is 1.08 bits per heavy atom. The van der Waals surface area contributed by atoms with Crippen molar-refractivity contribution in [2.24, 2.45) is 0 Å². The van der Waals surface area contributed by atoms with Crippen molar-refractivity contribution in [3.05, 3.63) is 59.8 Å². The number of carbonyl (C=O) groups is 1. The smallest absolute Gasteiger partial charge is 0.223 e. The summed E-state index contributed by atoms with van der Waals surface area (Å²) in [5, 5.41) is 3.90. The second-order valence-corrected chi connectivity index (χ2v) is 7.06. The van der Waals surface area contributed by atoms with Gasteiger partial charge in [0, 0.05) is 23.7 Å². The maximum atomic E-state index is 11.4. The van der Waals surface area contributed by atoms with Crippen molar-refractivity contribution in [1.82, 2.24) is 15.0 Å². The van der Waals surface area contributed by atoms with Crippen molar-refractivity contribution in [2.75, 3.05) is 5.32 Å². The predicted molar refractivity (Wildman–Crippen MR) is 105 cm³/mol. The average Bonchev–Trinajstić information content (AvgIpc) is 3.04. The molecule has 0 fully saturated rings. The van der Waals surface area contributed by atoms with Gasteiger partial charge in [0.2, 0.25) is 5.91 Å². The van der Waals surface area contributed by atoms with Gasteiger partial charge in [-0.1, -0.05) is 35.1 Å². The van der Waals surface area contributed by atoms with Crippen molar-refractivity contribution in [2.45, 2.75) is 6.92 Å². The molecule has 0 unspecified atom stereocenters. The Labute approximate surface area is 158 Å². The first-order valence-electron chi connectivity index (χ1n) is 7.86. The molecule has 26 heavy (non-hydrogen) atoms. The highest BCUT2D eigenvalue weighted by atomic mass is 35.5. The van der Waals surface area contributed by atoms with Gasteiger partial charge in [-0.3, -0.25) is 9.78 Å². The van der Waals surface area contributed by atoms with Gasteiger partial charge in [-0.15, -0.1) is 0 Å². The third-order valence-electron chi connectivity index (χ3n) is 3.70. The molecular weight excluding hydrogens is 368 g/mol. The van der Waals surface area contributed by atoms with Crippen molar-refractivity contribution in [1.29, 1.82) is 0 Å². The highest BCUT2D eigenvalue weighted by Gasteiger charge is 2.17. The first kappa shape index (κ1) is 16.6. The topological polar surface area (TPSA) is 67.8 Å². The summed E-state index contributed by atoms with van der Waals surface area (Å²) in [7, 11) is 0. The predicted octanol–water partition coefficient (Wildman–Crippen LogP) is 5.03. The number of fused-ring (bicyclic) bond motifs is 1. The zero-order chi connectivity index (χ0) is 18.1. The molecule has 0 atom stereocenters. The molecule has 7 heteroatoms. The molecule has 4 rings (SSSR count). The molecule has 0 bridgehead atoms. The summed E-state index contributed by atoms with van der Waals surface area (Å²) in [5.41, 5.74) is 4.00. The molecule has 0 radical (unpaired) electrons. The molecule has 1 amide bonds. The fourth-order valence-corrected chi connectivity index (χ4v) is 3.81. The van der Waals surface area contributed by atoms with Crippen LogP contribution in [0.15, 0.2) is 54.7 Å². The molecule has 0 saturated carbocycles. The number of nitrogens with zero attached hydrogens (tertiary/aromatic N) is 3. The number of hydrogen-bond acceptors (Lipinski definition) is 5. The SMILES string of the molecule is CC(=O)Nc1nc(-c2cccc(Cl)c2)c(-c2ccc3ncccc3n2)s1. The van der Waals surface area contributed by atoms with Crippen LogP contribution in [0.3, 0.4) is 0 Å². The van der Waals surface area contributed by atoms with Crippen LogP contribution in [-0.2, 0) is 4.79 Å². The summed E-state index contributed by atoms with van der Waals surface area (Å²) < 4.78 is 0. The van der Waals surface area contributed by atoms with E-state index >= 15 is 0 Å². The lowest BCUT2D eigenvalue weighted by molar-refractivity contribution is -0.114. The normalized spacial score (nSPS) is 10.8. The number of aromatic nitrogens is 3. The van der Waals surface area contributed by atoms with E-state index in [1.807, 2.05) is 48.5 Å². The van der Waals surface area contributed by atoms with Gasteiger partial charge in [0.15, 0.2) is 5.13 Å². The maximum Gasteiger partial charge on any atom is 0.223 e. The van der Waals surface area contributed by atoms with Crippen LogP contribution in [0.1, 0.15) is 6.92 Å². The Bertz CT molecular complexity index is 1130. The molecule has 3 heterocycles. The van der Waals surface area contributed by atoms with Crippen LogP contribution in [-0.4, -0.2) is 20.9 Å². The lowest BCUT2D eigenvalue weighted by Crippen LogP contribution is -2.04. The van der Waals surface area contributed by atoms with Crippen LogP contribution < -0.4 is 5.32 Å². The lowest BCUT2D eigenvalue weighted by Gasteiger charge is -2.04. The number of thiazole rings is 1.